The van der Waals surface area contributed by atoms with Gasteiger partial charge in [0.05, 0.1) is 11.1 Å². The average Bonchev–Trinajstić information content (AvgIpc) is 3.35. The summed E-state index contributed by atoms with van der Waals surface area (Å²) < 4.78 is 5.29. The maximum atomic E-state index is 12.2. The maximum absolute atomic E-state index is 12.2. The molecule has 0 bridgehead atoms. The molecule has 4 rings (SSSR count). The number of H-pyrrole nitrogens is 1. The highest BCUT2D eigenvalue weighted by molar-refractivity contribution is 5.97. The Morgan fingerprint density at radius 3 is 2.79 bits per heavy atom. The third-order valence-corrected chi connectivity index (χ3v) is 4.08. The number of hydrazone groups is 1. The molecular weight excluding hydrogens is 362 g/mol. The standard InChI is InChI=1S/C19H13N5O4/c25-19(22-21-10-12-5-7-13(8-6-12)24(26)27)17-9-18(28-23-17)15-11-20-16-4-2-1-3-14(15)16/h1-11,20H,(H,22,25)/b21-10-. The predicted octanol–water partition coefficient (Wildman–Crippen LogP) is 3.50. The Morgan fingerprint density at radius 2 is 2.00 bits per heavy atom. The first-order valence-electron chi connectivity index (χ1n) is 8.23. The zero-order valence-electron chi connectivity index (χ0n) is 14.3. The number of nitro groups is 1. The van der Waals surface area contributed by atoms with E-state index in [1.165, 1.54) is 36.5 Å². The van der Waals surface area contributed by atoms with Gasteiger partial charge in [0.1, 0.15) is 0 Å². The molecule has 0 aliphatic rings. The molecule has 9 nitrogen and oxygen atoms in total. The Kier molecular flexibility index (Phi) is 4.38. The van der Waals surface area contributed by atoms with Crippen LogP contribution in [-0.4, -0.2) is 27.2 Å². The van der Waals surface area contributed by atoms with Gasteiger partial charge in [-0.05, 0) is 23.8 Å². The summed E-state index contributed by atoms with van der Waals surface area (Å²) in [5.41, 5.74) is 4.77. The molecule has 0 fully saturated rings. The van der Waals surface area contributed by atoms with Gasteiger partial charge in [-0.25, -0.2) is 5.43 Å². The van der Waals surface area contributed by atoms with Crippen LogP contribution in [0.3, 0.4) is 0 Å². The number of nitro benzene ring substituents is 1. The average molecular weight is 375 g/mol. The van der Waals surface area contributed by atoms with Crippen molar-refractivity contribution < 1.29 is 14.2 Å². The number of aromatic amines is 1. The van der Waals surface area contributed by atoms with Gasteiger partial charge in [-0.1, -0.05) is 23.4 Å². The highest BCUT2D eigenvalue weighted by Gasteiger charge is 2.15. The quantitative estimate of drug-likeness (QED) is 0.314. The Balaban J connectivity index is 1.45. The highest BCUT2D eigenvalue weighted by Crippen LogP contribution is 2.28. The summed E-state index contributed by atoms with van der Waals surface area (Å²) in [4.78, 5) is 25.5. The number of aromatic nitrogens is 2. The van der Waals surface area contributed by atoms with E-state index in [0.29, 0.717) is 11.3 Å². The van der Waals surface area contributed by atoms with E-state index in [2.05, 4.69) is 20.7 Å². The van der Waals surface area contributed by atoms with Crippen LogP contribution >= 0.6 is 0 Å². The third kappa shape index (κ3) is 3.36. The molecule has 0 saturated heterocycles. The minimum absolute atomic E-state index is 0.0198. The molecule has 0 atom stereocenters. The second kappa shape index (κ2) is 7.16. The minimum Gasteiger partial charge on any atom is -0.360 e. The number of fused-ring (bicyclic) bond motifs is 1. The van der Waals surface area contributed by atoms with Crippen molar-refractivity contribution in [1.82, 2.24) is 15.6 Å². The molecule has 2 aromatic carbocycles. The number of hydrogen-bond acceptors (Lipinski definition) is 6. The summed E-state index contributed by atoms with van der Waals surface area (Å²) in [6.45, 7) is 0. The van der Waals surface area contributed by atoms with Gasteiger partial charge in [-0.2, -0.15) is 5.10 Å². The molecule has 2 N–H and O–H groups in total. The molecule has 1 amide bonds. The first-order valence-corrected chi connectivity index (χ1v) is 8.23. The molecule has 0 unspecified atom stereocenters. The lowest BCUT2D eigenvalue weighted by Crippen LogP contribution is -2.17. The van der Waals surface area contributed by atoms with E-state index < -0.39 is 10.8 Å². The second-order valence-electron chi connectivity index (χ2n) is 5.87. The maximum Gasteiger partial charge on any atom is 0.293 e. The first kappa shape index (κ1) is 17.2. The van der Waals surface area contributed by atoms with E-state index in [4.69, 9.17) is 4.52 Å². The molecule has 0 radical (unpaired) electrons. The normalized spacial score (nSPS) is 11.1. The summed E-state index contributed by atoms with van der Waals surface area (Å²) in [5.74, 6) is -0.0741. The number of hydrogen-bond donors (Lipinski definition) is 2. The van der Waals surface area contributed by atoms with E-state index in [1.54, 1.807) is 6.20 Å². The lowest BCUT2D eigenvalue weighted by molar-refractivity contribution is -0.384. The zero-order valence-corrected chi connectivity index (χ0v) is 14.3. The molecule has 2 aromatic heterocycles. The van der Waals surface area contributed by atoms with Crippen molar-refractivity contribution in [3.8, 4) is 11.3 Å². The smallest absolute Gasteiger partial charge is 0.293 e. The van der Waals surface area contributed by atoms with Gasteiger partial charge in [-0.3, -0.25) is 14.9 Å². The third-order valence-electron chi connectivity index (χ3n) is 4.08. The number of nitrogens with zero attached hydrogens (tertiary/aromatic N) is 3. The zero-order chi connectivity index (χ0) is 19.5. The van der Waals surface area contributed by atoms with E-state index in [0.717, 1.165) is 16.5 Å². The van der Waals surface area contributed by atoms with E-state index in [1.807, 2.05) is 24.3 Å². The van der Waals surface area contributed by atoms with Crippen molar-refractivity contribution in [1.29, 1.82) is 0 Å². The minimum atomic E-state index is -0.534. The van der Waals surface area contributed by atoms with Gasteiger partial charge >= 0.3 is 0 Å². The lowest BCUT2D eigenvalue weighted by atomic mass is 10.1. The van der Waals surface area contributed by atoms with Crippen LogP contribution in [0.15, 0.2) is 70.4 Å². The molecule has 0 saturated carbocycles. The SMILES string of the molecule is O=C(N/N=C\c1ccc([N+](=O)[O-])cc1)c1cc(-c2c[nH]c3ccccc23)on1. The Morgan fingerprint density at radius 1 is 1.21 bits per heavy atom. The Bertz CT molecular complexity index is 1190. The largest absolute Gasteiger partial charge is 0.360 e. The van der Waals surface area contributed by atoms with Gasteiger partial charge in [0.2, 0.25) is 0 Å². The van der Waals surface area contributed by atoms with Crippen molar-refractivity contribution >= 4 is 28.7 Å². The van der Waals surface area contributed by atoms with Gasteiger partial charge in [0.25, 0.3) is 11.6 Å². The highest BCUT2D eigenvalue weighted by atomic mass is 16.6. The summed E-state index contributed by atoms with van der Waals surface area (Å²) in [5, 5.41) is 19.2. The molecule has 28 heavy (non-hydrogen) atoms. The van der Waals surface area contributed by atoms with Crippen molar-refractivity contribution in [3.63, 3.8) is 0 Å². The van der Waals surface area contributed by atoms with Crippen molar-refractivity contribution in [2.45, 2.75) is 0 Å². The van der Waals surface area contributed by atoms with Crippen LogP contribution in [0.5, 0.6) is 0 Å². The fourth-order valence-electron chi connectivity index (χ4n) is 2.69. The van der Waals surface area contributed by atoms with Crippen molar-refractivity contribution in [2.24, 2.45) is 5.10 Å². The Labute approximate surface area is 157 Å². The van der Waals surface area contributed by atoms with Crippen LogP contribution in [-0.2, 0) is 0 Å². The van der Waals surface area contributed by atoms with Crippen molar-refractivity contribution in [3.05, 3.63) is 82.2 Å². The van der Waals surface area contributed by atoms with Crippen LogP contribution in [0.4, 0.5) is 5.69 Å². The first-order chi connectivity index (χ1) is 13.6. The van der Waals surface area contributed by atoms with Gasteiger partial charge < -0.3 is 9.51 Å². The van der Waals surface area contributed by atoms with Crippen molar-refractivity contribution in [2.75, 3.05) is 0 Å². The number of benzene rings is 2. The molecule has 0 aliphatic heterocycles. The molecule has 2 heterocycles. The molecule has 4 aromatic rings. The molecule has 0 aliphatic carbocycles. The second-order valence-corrected chi connectivity index (χ2v) is 5.87. The van der Waals surface area contributed by atoms with E-state index in [9.17, 15) is 14.9 Å². The summed E-state index contributed by atoms with van der Waals surface area (Å²) >= 11 is 0. The summed E-state index contributed by atoms with van der Waals surface area (Å²) in [6.07, 6.45) is 3.17. The van der Waals surface area contributed by atoms with E-state index in [-0.39, 0.29) is 11.4 Å². The molecule has 138 valence electrons. The number of carbonyl (C=O) groups excluding carboxylic acids is 1. The fraction of sp³-hybridized carbons (Fsp3) is 0. The van der Waals surface area contributed by atoms with Gasteiger partial charge in [0, 0.05) is 40.9 Å². The number of carbonyl (C=O) groups is 1. The number of para-hydroxylation sites is 1. The molecular formula is C19H13N5O4. The topological polar surface area (TPSA) is 126 Å². The van der Waals surface area contributed by atoms with Crippen LogP contribution in [0.2, 0.25) is 0 Å². The molecule has 0 spiro atoms. The fourth-order valence-corrected chi connectivity index (χ4v) is 2.69. The summed E-state index contributed by atoms with van der Waals surface area (Å²) in [7, 11) is 0. The lowest BCUT2D eigenvalue weighted by Gasteiger charge is -1.95. The number of non-ortho nitro benzene ring substituents is 1. The Hall–Kier alpha value is -4.27. The van der Waals surface area contributed by atoms with Gasteiger partial charge in [0.15, 0.2) is 11.5 Å². The molecule has 9 heteroatoms. The number of amides is 1. The van der Waals surface area contributed by atoms with Gasteiger partial charge in [-0.15, -0.1) is 0 Å². The van der Waals surface area contributed by atoms with Crippen LogP contribution in [0, 0.1) is 10.1 Å². The van der Waals surface area contributed by atoms with E-state index >= 15 is 0 Å². The van der Waals surface area contributed by atoms with Crippen LogP contribution in [0.1, 0.15) is 16.1 Å². The predicted molar refractivity (Wildman–Crippen MR) is 102 cm³/mol. The summed E-state index contributed by atoms with van der Waals surface area (Å²) in [6, 6.07) is 15.0. The number of rotatable bonds is 5. The van der Waals surface area contributed by atoms with Crippen LogP contribution in [0.25, 0.3) is 22.2 Å². The van der Waals surface area contributed by atoms with Crippen LogP contribution < -0.4 is 5.43 Å². The number of nitrogens with one attached hydrogen (secondary N) is 2. The monoisotopic (exact) mass is 375 g/mol.